The fourth-order valence-electron chi connectivity index (χ4n) is 3.15. The Kier molecular flexibility index (Phi) is 5.85. The summed E-state index contributed by atoms with van der Waals surface area (Å²) in [6, 6.07) is 3.34. The van der Waals surface area contributed by atoms with Crippen LogP contribution in [0.1, 0.15) is 29.2 Å². The number of hydrogen-bond donors (Lipinski definition) is 1. The molecule has 162 valence electrons. The number of halogens is 7. The highest BCUT2D eigenvalue weighted by atomic mass is 35.5. The maximum absolute atomic E-state index is 12.8. The van der Waals surface area contributed by atoms with Crippen molar-refractivity contribution < 1.29 is 31.1 Å². The van der Waals surface area contributed by atoms with E-state index in [-0.39, 0.29) is 25.5 Å². The van der Waals surface area contributed by atoms with Crippen LogP contribution < -0.4 is 5.32 Å². The van der Waals surface area contributed by atoms with E-state index in [0.717, 1.165) is 11.1 Å². The lowest BCUT2D eigenvalue weighted by Gasteiger charge is -2.30. The average Bonchev–Trinajstić information content (AvgIpc) is 2.64. The lowest BCUT2D eigenvalue weighted by Crippen LogP contribution is -2.43. The zero-order valence-electron chi connectivity index (χ0n) is 15.5. The van der Waals surface area contributed by atoms with E-state index in [1.807, 2.05) is 6.92 Å². The molecule has 0 saturated heterocycles. The summed E-state index contributed by atoms with van der Waals surface area (Å²) in [5, 5.41) is 1.99. The molecule has 3 rings (SSSR count). The van der Waals surface area contributed by atoms with Crippen LogP contribution >= 0.6 is 11.6 Å². The zero-order valence-corrected chi connectivity index (χ0v) is 16.2. The minimum atomic E-state index is -4.97. The van der Waals surface area contributed by atoms with E-state index in [9.17, 15) is 31.1 Å². The first kappa shape index (κ1) is 22.1. The molecule has 0 saturated carbocycles. The molecule has 1 aliphatic rings. The monoisotopic (exact) mass is 452 g/mol. The molecular weight excluding hydrogens is 438 g/mol. The molecule has 0 radical (unpaired) electrons. The number of nitrogens with zero attached hydrogens (tertiary/aromatic N) is 3. The Morgan fingerprint density at radius 1 is 1.20 bits per heavy atom. The number of fused-ring (bicyclic) bond motifs is 1. The van der Waals surface area contributed by atoms with E-state index in [2.05, 4.69) is 15.3 Å². The van der Waals surface area contributed by atoms with Gasteiger partial charge in [-0.3, -0.25) is 4.79 Å². The SMILES string of the molecule is CCc1cc2c(cc1Nc1ncc(C(F)(F)F)c(Cl)n1)CN(C(=O)C(F)(F)F)CC2. The van der Waals surface area contributed by atoms with Crippen LogP contribution in [-0.4, -0.2) is 33.5 Å². The van der Waals surface area contributed by atoms with Crippen molar-refractivity contribution >= 4 is 29.1 Å². The third-order valence-corrected chi connectivity index (χ3v) is 4.93. The molecule has 0 spiro atoms. The number of rotatable bonds is 3. The number of alkyl halides is 6. The largest absolute Gasteiger partial charge is 0.471 e. The van der Waals surface area contributed by atoms with Crippen LogP contribution in [-0.2, 0) is 30.4 Å². The van der Waals surface area contributed by atoms with Crippen molar-refractivity contribution in [3.8, 4) is 0 Å². The van der Waals surface area contributed by atoms with Gasteiger partial charge in [-0.15, -0.1) is 0 Å². The Bertz CT molecular complexity index is 976. The maximum Gasteiger partial charge on any atom is 0.471 e. The molecule has 0 unspecified atom stereocenters. The minimum Gasteiger partial charge on any atom is -0.330 e. The smallest absolute Gasteiger partial charge is 0.330 e. The van der Waals surface area contributed by atoms with E-state index in [1.54, 1.807) is 12.1 Å². The molecule has 2 heterocycles. The predicted molar refractivity (Wildman–Crippen MR) is 96.3 cm³/mol. The third-order valence-electron chi connectivity index (χ3n) is 4.64. The Balaban J connectivity index is 1.90. The third kappa shape index (κ3) is 4.61. The van der Waals surface area contributed by atoms with Crippen LogP contribution in [0.4, 0.5) is 38.0 Å². The van der Waals surface area contributed by atoms with Crippen molar-refractivity contribution in [2.75, 3.05) is 11.9 Å². The van der Waals surface area contributed by atoms with Crippen molar-refractivity contribution in [2.24, 2.45) is 0 Å². The Morgan fingerprint density at radius 3 is 2.47 bits per heavy atom. The van der Waals surface area contributed by atoms with E-state index in [4.69, 9.17) is 11.6 Å². The number of carbonyl (C=O) groups is 1. The quantitative estimate of drug-likeness (QED) is 0.531. The average molecular weight is 453 g/mol. The van der Waals surface area contributed by atoms with Gasteiger partial charge in [0, 0.05) is 25.0 Å². The van der Waals surface area contributed by atoms with Crippen molar-refractivity contribution in [3.05, 3.63) is 45.7 Å². The van der Waals surface area contributed by atoms with Crippen LogP contribution in [0, 0.1) is 0 Å². The normalized spacial score (nSPS) is 14.5. The molecule has 1 aromatic heterocycles. The van der Waals surface area contributed by atoms with Gasteiger partial charge in [-0.1, -0.05) is 24.6 Å². The van der Waals surface area contributed by atoms with Crippen LogP contribution in [0.25, 0.3) is 0 Å². The van der Waals surface area contributed by atoms with Gasteiger partial charge >= 0.3 is 18.3 Å². The summed E-state index contributed by atoms with van der Waals surface area (Å²) < 4.78 is 76.6. The van der Waals surface area contributed by atoms with Crippen LogP contribution in [0.5, 0.6) is 0 Å². The number of benzene rings is 1. The summed E-state index contributed by atoms with van der Waals surface area (Å²) in [4.78, 5) is 19.5. The summed E-state index contributed by atoms with van der Waals surface area (Å²) in [5.74, 6) is -2.11. The van der Waals surface area contributed by atoms with Crippen LogP contribution in [0.2, 0.25) is 5.15 Å². The second-order valence-electron chi connectivity index (χ2n) is 6.63. The molecule has 12 heteroatoms. The van der Waals surface area contributed by atoms with Gasteiger partial charge in [-0.2, -0.15) is 26.3 Å². The number of amides is 1. The summed E-state index contributed by atoms with van der Waals surface area (Å²) in [5.41, 5.74) is 1.29. The topological polar surface area (TPSA) is 58.1 Å². The highest BCUT2D eigenvalue weighted by molar-refractivity contribution is 6.30. The van der Waals surface area contributed by atoms with Crippen molar-refractivity contribution in [2.45, 2.75) is 38.7 Å². The number of anilines is 2. The molecule has 0 atom stereocenters. The van der Waals surface area contributed by atoms with E-state index in [1.165, 1.54) is 0 Å². The first-order valence-corrected chi connectivity index (χ1v) is 9.15. The molecule has 0 fully saturated rings. The van der Waals surface area contributed by atoms with Gasteiger partial charge < -0.3 is 10.2 Å². The molecule has 5 nitrogen and oxygen atoms in total. The molecule has 1 amide bonds. The molecular formula is C18H15ClF6N4O. The Labute approximate surface area is 172 Å². The van der Waals surface area contributed by atoms with E-state index < -0.39 is 29.0 Å². The number of aryl methyl sites for hydroxylation is 1. The van der Waals surface area contributed by atoms with Gasteiger partial charge in [0.05, 0.1) is 0 Å². The summed E-state index contributed by atoms with van der Waals surface area (Å²) >= 11 is 5.60. The molecule has 2 aromatic rings. The van der Waals surface area contributed by atoms with Crippen molar-refractivity contribution in [1.29, 1.82) is 0 Å². The summed E-state index contributed by atoms with van der Waals surface area (Å²) in [6.45, 7) is 1.55. The van der Waals surface area contributed by atoms with Crippen molar-refractivity contribution in [1.82, 2.24) is 14.9 Å². The summed E-state index contributed by atoms with van der Waals surface area (Å²) in [6.07, 6.45) is -8.33. The second kappa shape index (κ2) is 7.93. The second-order valence-corrected chi connectivity index (χ2v) is 6.98. The van der Waals surface area contributed by atoms with Gasteiger partial charge in [0.25, 0.3) is 0 Å². The maximum atomic E-state index is 12.8. The van der Waals surface area contributed by atoms with Crippen LogP contribution in [0.15, 0.2) is 18.3 Å². The van der Waals surface area contributed by atoms with E-state index >= 15 is 0 Å². The Hall–Kier alpha value is -2.56. The molecule has 0 aliphatic carbocycles. The highest BCUT2D eigenvalue weighted by Gasteiger charge is 2.43. The number of carbonyl (C=O) groups excluding carboxylic acids is 1. The first-order chi connectivity index (χ1) is 13.9. The predicted octanol–water partition coefficient (Wildman–Crippen LogP) is 4.90. The highest BCUT2D eigenvalue weighted by Crippen LogP contribution is 2.34. The lowest BCUT2D eigenvalue weighted by molar-refractivity contribution is -0.186. The zero-order chi connectivity index (χ0) is 22.3. The number of aromatic nitrogens is 2. The molecule has 1 aliphatic heterocycles. The minimum absolute atomic E-state index is 0.0567. The van der Waals surface area contributed by atoms with Gasteiger partial charge in [-0.05, 0) is 35.6 Å². The molecule has 1 aromatic carbocycles. The van der Waals surface area contributed by atoms with Gasteiger partial charge in [0.2, 0.25) is 5.95 Å². The first-order valence-electron chi connectivity index (χ1n) is 8.77. The number of nitrogens with one attached hydrogen (secondary N) is 1. The lowest BCUT2D eigenvalue weighted by atomic mass is 9.95. The summed E-state index contributed by atoms with van der Waals surface area (Å²) in [7, 11) is 0. The van der Waals surface area contributed by atoms with Gasteiger partial charge in [0.15, 0.2) is 0 Å². The number of hydrogen-bond acceptors (Lipinski definition) is 4. The van der Waals surface area contributed by atoms with Gasteiger partial charge in [-0.25, -0.2) is 9.97 Å². The molecule has 30 heavy (non-hydrogen) atoms. The van der Waals surface area contributed by atoms with Gasteiger partial charge in [0.1, 0.15) is 10.7 Å². The molecule has 0 bridgehead atoms. The fraction of sp³-hybridized carbons (Fsp3) is 0.389. The van der Waals surface area contributed by atoms with Crippen LogP contribution in [0.3, 0.4) is 0 Å². The molecule has 1 N–H and O–H groups in total. The van der Waals surface area contributed by atoms with Crippen molar-refractivity contribution in [3.63, 3.8) is 0 Å². The Morgan fingerprint density at radius 2 is 1.90 bits per heavy atom. The standard InChI is InChI=1S/C18H15ClF6N4O/c1-2-9-5-10-3-4-29(15(30)18(23,24)25)8-11(10)6-13(9)27-16-26-7-12(14(19)28-16)17(20,21)22/h5-7H,2-4,8H2,1H3,(H,26,27,28). The van der Waals surface area contributed by atoms with E-state index in [0.29, 0.717) is 28.8 Å². The fourth-order valence-corrected chi connectivity index (χ4v) is 3.39.